The van der Waals surface area contributed by atoms with E-state index in [1.54, 1.807) is 0 Å². The van der Waals surface area contributed by atoms with Gasteiger partial charge in [-0.05, 0) is 36.8 Å². The van der Waals surface area contributed by atoms with Gasteiger partial charge in [-0.25, -0.2) is 0 Å². The summed E-state index contributed by atoms with van der Waals surface area (Å²) in [5.74, 6) is -1.12. The highest BCUT2D eigenvalue weighted by atomic mass is 16.8. The van der Waals surface area contributed by atoms with Gasteiger partial charge in [0, 0.05) is 25.7 Å². The summed E-state index contributed by atoms with van der Waals surface area (Å²) in [4.78, 5) is 0. The number of ether oxygens (including phenoxy) is 6. The number of rotatable bonds is 6. The lowest BCUT2D eigenvalue weighted by Gasteiger charge is -2.42. The van der Waals surface area contributed by atoms with Gasteiger partial charge in [-0.3, -0.25) is 0 Å². The Labute approximate surface area is 225 Å². The normalized spacial score (nSPS) is 35.3. The highest BCUT2D eigenvalue weighted by Gasteiger charge is 2.66. The Hall–Kier alpha value is -1.80. The molecule has 204 valence electrons. The lowest BCUT2D eigenvalue weighted by molar-refractivity contribution is -0.229. The standard InChI is InChI=1S/C32H40O6/c1-5-13-23(14-6-1)21-33-25-27-29(37-31(35-27)17-9-3-10-18-31)26(34-22-24-15-7-2-8-16-24)30-28(25)36-32(38-30)19-11-4-12-20-32/h1-2,5-8,13-16,25-30H,3-4,9-12,17-22H2/t25?,26?,27-,28-,29-,30+/m0/s1. The van der Waals surface area contributed by atoms with Gasteiger partial charge in [0.1, 0.15) is 36.6 Å². The van der Waals surface area contributed by atoms with Crippen LogP contribution in [0.4, 0.5) is 0 Å². The van der Waals surface area contributed by atoms with Gasteiger partial charge in [-0.1, -0.05) is 73.5 Å². The molecule has 5 aliphatic rings. The second-order valence-electron chi connectivity index (χ2n) is 11.8. The van der Waals surface area contributed by atoms with Crippen LogP contribution in [0.25, 0.3) is 0 Å². The van der Waals surface area contributed by atoms with E-state index in [1.807, 2.05) is 12.1 Å². The molecule has 6 heteroatoms. The molecule has 2 aliphatic heterocycles. The molecule has 6 nitrogen and oxygen atoms in total. The van der Waals surface area contributed by atoms with E-state index in [9.17, 15) is 0 Å². The molecule has 2 aromatic rings. The second kappa shape index (κ2) is 10.6. The van der Waals surface area contributed by atoms with Gasteiger partial charge in [0.2, 0.25) is 0 Å². The molecule has 0 bridgehead atoms. The lowest BCUT2D eigenvalue weighted by Crippen LogP contribution is -2.62. The zero-order chi connectivity index (χ0) is 25.4. The summed E-state index contributed by atoms with van der Waals surface area (Å²) in [7, 11) is 0. The maximum absolute atomic E-state index is 6.90. The third kappa shape index (κ3) is 4.85. The van der Waals surface area contributed by atoms with Crippen molar-refractivity contribution >= 4 is 0 Å². The van der Waals surface area contributed by atoms with Crippen LogP contribution < -0.4 is 0 Å². The van der Waals surface area contributed by atoms with E-state index in [0.29, 0.717) is 13.2 Å². The molecule has 3 saturated carbocycles. The summed E-state index contributed by atoms with van der Waals surface area (Å²) in [6, 6.07) is 20.7. The maximum Gasteiger partial charge on any atom is 0.169 e. The molecule has 0 amide bonds. The maximum atomic E-state index is 6.90. The molecule has 0 radical (unpaired) electrons. The zero-order valence-corrected chi connectivity index (χ0v) is 22.2. The van der Waals surface area contributed by atoms with Crippen molar-refractivity contribution in [2.45, 2.75) is 126 Å². The third-order valence-corrected chi connectivity index (χ3v) is 9.15. The van der Waals surface area contributed by atoms with Crippen molar-refractivity contribution in [3.8, 4) is 0 Å². The highest BCUT2D eigenvalue weighted by Crippen LogP contribution is 2.52. The number of fused-ring (bicyclic) bond motifs is 2. The first-order valence-electron chi connectivity index (χ1n) is 14.8. The Bertz CT molecular complexity index is 935. The molecule has 6 atom stereocenters. The molecule has 0 N–H and O–H groups in total. The van der Waals surface area contributed by atoms with Crippen LogP contribution in [0.2, 0.25) is 0 Å². The molecule has 38 heavy (non-hydrogen) atoms. The fraction of sp³-hybridized carbons (Fsp3) is 0.625. The van der Waals surface area contributed by atoms with Gasteiger partial charge in [-0.2, -0.15) is 0 Å². The van der Waals surface area contributed by atoms with E-state index in [0.717, 1.165) is 62.5 Å². The molecule has 2 aromatic carbocycles. The van der Waals surface area contributed by atoms with Crippen LogP contribution in [0.5, 0.6) is 0 Å². The SMILES string of the molecule is c1ccc(COC2[C@H]3OC4(CCCCC4)O[C@H]3C(OCc3ccccc3)[C@@H]3OC4(CCCCC4)O[C@@H]23)cc1. The van der Waals surface area contributed by atoms with Crippen LogP contribution in [-0.4, -0.2) is 48.2 Å². The molecule has 7 rings (SSSR count). The monoisotopic (exact) mass is 520 g/mol. The molecule has 2 unspecified atom stereocenters. The van der Waals surface area contributed by atoms with Crippen molar-refractivity contribution in [2.75, 3.05) is 0 Å². The molecule has 3 aliphatic carbocycles. The van der Waals surface area contributed by atoms with Gasteiger partial charge < -0.3 is 28.4 Å². The van der Waals surface area contributed by atoms with Gasteiger partial charge in [0.15, 0.2) is 11.6 Å². The van der Waals surface area contributed by atoms with Crippen LogP contribution in [0.3, 0.4) is 0 Å². The minimum Gasteiger partial charge on any atom is -0.368 e. The highest BCUT2D eigenvalue weighted by molar-refractivity contribution is 5.16. The summed E-state index contributed by atoms with van der Waals surface area (Å²) in [5.41, 5.74) is 2.28. The summed E-state index contributed by atoms with van der Waals surface area (Å²) >= 11 is 0. The van der Waals surface area contributed by atoms with Crippen molar-refractivity contribution in [3.05, 3.63) is 71.8 Å². The van der Waals surface area contributed by atoms with Crippen molar-refractivity contribution < 1.29 is 28.4 Å². The summed E-state index contributed by atoms with van der Waals surface area (Å²) in [6.45, 7) is 1.00. The van der Waals surface area contributed by atoms with Crippen molar-refractivity contribution in [3.63, 3.8) is 0 Å². The molecule has 5 fully saturated rings. The fourth-order valence-electron chi connectivity index (χ4n) is 7.27. The Morgan fingerprint density at radius 3 is 1.18 bits per heavy atom. The predicted molar refractivity (Wildman–Crippen MR) is 141 cm³/mol. The zero-order valence-electron chi connectivity index (χ0n) is 22.2. The second-order valence-corrected chi connectivity index (χ2v) is 11.8. The Morgan fingerprint density at radius 2 is 0.842 bits per heavy atom. The molecular weight excluding hydrogens is 480 g/mol. The van der Waals surface area contributed by atoms with Crippen LogP contribution in [0, 0.1) is 0 Å². The van der Waals surface area contributed by atoms with E-state index in [2.05, 4.69) is 48.5 Å². The van der Waals surface area contributed by atoms with E-state index < -0.39 is 11.6 Å². The lowest BCUT2D eigenvalue weighted by atomic mass is 9.84. The average molecular weight is 521 g/mol. The molecule has 2 spiro atoms. The van der Waals surface area contributed by atoms with Crippen molar-refractivity contribution in [2.24, 2.45) is 0 Å². The Morgan fingerprint density at radius 1 is 0.500 bits per heavy atom. The van der Waals surface area contributed by atoms with E-state index in [4.69, 9.17) is 28.4 Å². The van der Waals surface area contributed by atoms with Crippen molar-refractivity contribution in [1.82, 2.24) is 0 Å². The minimum atomic E-state index is -0.558. The molecule has 0 aromatic heterocycles. The topological polar surface area (TPSA) is 55.4 Å². The Kier molecular flexibility index (Phi) is 7.05. The number of benzene rings is 2. The quantitative estimate of drug-likeness (QED) is 0.462. The molecule has 2 heterocycles. The first kappa shape index (κ1) is 25.2. The van der Waals surface area contributed by atoms with Gasteiger partial charge in [0.05, 0.1) is 13.2 Å². The molecule has 2 saturated heterocycles. The average Bonchev–Trinajstić information content (AvgIpc) is 3.50. The van der Waals surface area contributed by atoms with Crippen LogP contribution in [0.15, 0.2) is 60.7 Å². The van der Waals surface area contributed by atoms with Gasteiger partial charge in [-0.15, -0.1) is 0 Å². The fourth-order valence-corrected chi connectivity index (χ4v) is 7.27. The Balaban J connectivity index is 1.20. The van der Waals surface area contributed by atoms with Crippen LogP contribution in [0.1, 0.15) is 75.3 Å². The number of hydrogen-bond donors (Lipinski definition) is 0. The van der Waals surface area contributed by atoms with Crippen molar-refractivity contribution in [1.29, 1.82) is 0 Å². The van der Waals surface area contributed by atoms with E-state index in [1.165, 1.54) is 12.8 Å². The third-order valence-electron chi connectivity index (χ3n) is 9.15. The summed E-state index contributed by atoms with van der Waals surface area (Å²) in [6.07, 6.45) is 8.96. The van der Waals surface area contributed by atoms with Crippen LogP contribution >= 0.6 is 0 Å². The number of hydrogen-bond acceptors (Lipinski definition) is 6. The first-order chi connectivity index (χ1) is 18.7. The van der Waals surface area contributed by atoms with E-state index >= 15 is 0 Å². The summed E-state index contributed by atoms with van der Waals surface area (Å²) < 4.78 is 41.0. The summed E-state index contributed by atoms with van der Waals surface area (Å²) in [5, 5.41) is 0. The van der Waals surface area contributed by atoms with Gasteiger partial charge >= 0.3 is 0 Å². The predicted octanol–water partition coefficient (Wildman–Crippen LogP) is 6.06. The smallest absolute Gasteiger partial charge is 0.169 e. The largest absolute Gasteiger partial charge is 0.368 e. The molecular formula is C32H40O6. The minimum absolute atomic E-state index is 0.263. The van der Waals surface area contributed by atoms with Gasteiger partial charge in [0.25, 0.3) is 0 Å². The first-order valence-corrected chi connectivity index (χ1v) is 14.8. The van der Waals surface area contributed by atoms with Crippen LogP contribution in [-0.2, 0) is 41.6 Å². The van der Waals surface area contributed by atoms with E-state index in [-0.39, 0.29) is 36.6 Å².